The summed E-state index contributed by atoms with van der Waals surface area (Å²) in [5.41, 5.74) is 10.8. The molecular weight excluding hydrogens is 368 g/mol. The fourth-order valence-corrected chi connectivity index (χ4v) is 2.48. The van der Waals surface area contributed by atoms with Crippen molar-refractivity contribution < 1.29 is 28.6 Å². The second kappa shape index (κ2) is 12.0. The SMILES string of the molecule is NCCOCCOCCOCCNC(=O)c1ccc(C2C(=O)NNC2=O)cc1. The van der Waals surface area contributed by atoms with E-state index in [1.165, 1.54) is 0 Å². The first-order chi connectivity index (χ1) is 13.6. The van der Waals surface area contributed by atoms with Crippen LogP contribution in [-0.2, 0) is 23.8 Å². The number of benzene rings is 1. The van der Waals surface area contributed by atoms with E-state index in [0.717, 1.165) is 0 Å². The van der Waals surface area contributed by atoms with Crippen molar-refractivity contribution in [3.05, 3.63) is 35.4 Å². The first-order valence-electron chi connectivity index (χ1n) is 9.04. The van der Waals surface area contributed by atoms with E-state index < -0.39 is 17.7 Å². The van der Waals surface area contributed by atoms with Crippen LogP contribution in [-0.4, -0.2) is 70.5 Å². The molecule has 1 aromatic carbocycles. The van der Waals surface area contributed by atoms with Crippen LogP contribution in [0.5, 0.6) is 0 Å². The summed E-state index contributed by atoms with van der Waals surface area (Å²) in [6, 6.07) is 6.33. The van der Waals surface area contributed by atoms with Crippen molar-refractivity contribution in [2.45, 2.75) is 5.92 Å². The lowest BCUT2D eigenvalue weighted by Gasteiger charge is -2.09. The molecule has 0 bridgehead atoms. The third-order valence-corrected chi connectivity index (χ3v) is 3.88. The highest BCUT2D eigenvalue weighted by molar-refractivity contribution is 6.10. The molecule has 0 radical (unpaired) electrons. The maximum absolute atomic E-state index is 12.1. The number of hydrogen-bond acceptors (Lipinski definition) is 7. The number of rotatable bonds is 13. The lowest BCUT2D eigenvalue weighted by Crippen LogP contribution is -2.28. The van der Waals surface area contributed by atoms with E-state index in [1.807, 2.05) is 0 Å². The second-order valence-electron chi connectivity index (χ2n) is 5.92. The number of nitrogens with two attached hydrogens (primary N) is 1. The minimum absolute atomic E-state index is 0.260. The fraction of sp³-hybridized carbons (Fsp3) is 0.500. The summed E-state index contributed by atoms with van der Waals surface area (Å²) >= 11 is 0. The molecule has 154 valence electrons. The normalized spacial score (nSPS) is 14.0. The van der Waals surface area contributed by atoms with Crippen molar-refractivity contribution >= 4 is 17.7 Å². The Morgan fingerprint density at radius 3 is 2.00 bits per heavy atom. The van der Waals surface area contributed by atoms with Gasteiger partial charge in [-0.3, -0.25) is 25.2 Å². The van der Waals surface area contributed by atoms with Gasteiger partial charge in [-0.2, -0.15) is 0 Å². The Kier molecular flexibility index (Phi) is 9.35. The monoisotopic (exact) mass is 394 g/mol. The number of carbonyl (C=O) groups excluding carboxylic acids is 3. The molecule has 0 atom stereocenters. The predicted molar refractivity (Wildman–Crippen MR) is 99.3 cm³/mol. The summed E-state index contributed by atoms with van der Waals surface area (Å²) in [6.07, 6.45) is 0. The van der Waals surface area contributed by atoms with Crippen molar-refractivity contribution in [2.75, 3.05) is 52.7 Å². The summed E-state index contributed by atoms with van der Waals surface area (Å²) in [5.74, 6) is -1.97. The first kappa shape index (κ1) is 21.8. The van der Waals surface area contributed by atoms with Crippen LogP contribution in [0.1, 0.15) is 21.8 Å². The summed E-state index contributed by atoms with van der Waals surface area (Å²) in [7, 11) is 0. The Morgan fingerprint density at radius 2 is 1.43 bits per heavy atom. The van der Waals surface area contributed by atoms with Gasteiger partial charge in [-0.1, -0.05) is 12.1 Å². The number of nitrogens with one attached hydrogen (secondary N) is 3. The van der Waals surface area contributed by atoms with Gasteiger partial charge in [-0.25, -0.2) is 0 Å². The van der Waals surface area contributed by atoms with Crippen molar-refractivity contribution in [3.63, 3.8) is 0 Å². The van der Waals surface area contributed by atoms with E-state index in [4.69, 9.17) is 19.9 Å². The maximum atomic E-state index is 12.1. The molecule has 1 fully saturated rings. The van der Waals surface area contributed by atoms with E-state index in [9.17, 15) is 14.4 Å². The molecule has 0 aliphatic carbocycles. The minimum atomic E-state index is -0.889. The minimum Gasteiger partial charge on any atom is -0.378 e. The average Bonchev–Trinajstić information content (AvgIpc) is 3.04. The van der Waals surface area contributed by atoms with Gasteiger partial charge < -0.3 is 25.3 Å². The fourth-order valence-electron chi connectivity index (χ4n) is 2.48. The molecule has 3 amide bonds. The number of ether oxygens (including phenoxy) is 3. The van der Waals surface area contributed by atoms with Crippen LogP contribution >= 0.6 is 0 Å². The van der Waals surface area contributed by atoms with Crippen LogP contribution < -0.4 is 21.9 Å². The highest BCUT2D eigenvalue weighted by atomic mass is 16.5. The zero-order valence-corrected chi connectivity index (χ0v) is 15.6. The van der Waals surface area contributed by atoms with Crippen molar-refractivity contribution in [3.8, 4) is 0 Å². The van der Waals surface area contributed by atoms with Gasteiger partial charge in [0.2, 0.25) is 0 Å². The van der Waals surface area contributed by atoms with E-state index in [1.54, 1.807) is 24.3 Å². The van der Waals surface area contributed by atoms with Crippen LogP contribution in [0.25, 0.3) is 0 Å². The number of amides is 3. The molecule has 1 aliphatic heterocycles. The molecule has 0 unspecified atom stereocenters. The van der Waals surface area contributed by atoms with Gasteiger partial charge in [0.25, 0.3) is 17.7 Å². The van der Waals surface area contributed by atoms with Gasteiger partial charge in [0.05, 0.1) is 39.6 Å². The molecule has 28 heavy (non-hydrogen) atoms. The average molecular weight is 394 g/mol. The topological polar surface area (TPSA) is 141 Å². The molecule has 1 aromatic rings. The summed E-state index contributed by atoms with van der Waals surface area (Å²) in [5, 5.41) is 2.74. The molecule has 5 N–H and O–H groups in total. The number of hydrogen-bond donors (Lipinski definition) is 4. The molecule has 1 aliphatic rings. The molecule has 0 spiro atoms. The summed E-state index contributed by atoms with van der Waals surface area (Å²) in [6.45, 7) is 3.59. The van der Waals surface area contributed by atoms with Gasteiger partial charge in [-0.15, -0.1) is 0 Å². The Labute approximate surface area is 163 Å². The molecule has 2 rings (SSSR count). The molecule has 1 saturated heterocycles. The number of carbonyl (C=O) groups is 3. The molecule has 1 heterocycles. The van der Waals surface area contributed by atoms with Crippen LogP contribution in [0.3, 0.4) is 0 Å². The Hall–Kier alpha value is -2.53. The Morgan fingerprint density at radius 1 is 0.893 bits per heavy atom. The maximum Gasteiger partial charge on any atom is 0.255 e. The van der Waals surface area contributed by atoms with Gasteiger partial charge in [0.15, 0.2) is 0 Å². The lowest BCUT2D eigenvalue weighted by molar-refractivity contribution is -0.124. The zero-order chi connectivity index (χ0) is 20.2. The van der Waals surface area contributed by atoms with Gasteiger partial charge in [0.1, 0.15) is 5.92 Å². The smallest absolute Gasteiger partial charge is 0.255 e. The Bertz CT molecular complexity index is 636. The largest absolute Gasteiger partial charge is 0.378 e. The van der Waals surface area contributed by atoms with E-state index >= 15 is 0 Å². The highest BCUT2D eigenvalue weighted by Crippen LogP contribution is 2.19. The second-order valence-corrected chi connectivity index (χ2v) is 5.92. The summed E-state index contributed by atoms with van der Waals surface area (Å²) < 4.78 is 15.8. The van der Waals surface area contributed by atoms with Crippen LogP contribution in [0.15, 0.2) is 24.3 Å². The molecule has 0 saturated carbocycles. The number of hydrazine groups is 1. The quantitative estimate of drug-likeness (QED) is 0.240. The predicted octanol–water partition coefficient (Wildman–Crippen LogP) is -1.33. The van der Waals surface area contributed by atoms with Crippen LogP contribution in [0, 0.1) is 0 Å². The van der Waals surface area contributed by atoms with E-state index in [0.29, 0.717) is 63.9 Å². The van der Waals surface area contributed by atoms with Crippen molar-refractivity contribution in [2.24, 2.45) is 5.73 Å². The van der Waals surface area contributed by atoms with Gasteiger partial charge in [-0.05, 0) is 17.7 Å². The van der Waals surface area contributed by atoms with Crippen molar-refractivity contribution in [1.82, 2.24) is 16.2 Å². The van der Waals surface area contributed by atoms with Crippen LogP contribution in [0.4, 0.5) is 0 Å². The van der Waals surface area contributed by atoms with E-state index in [2.05, 4.69) is 16.2 Å². The van der Waals surface area contributed by atoms with Gasteiger partial charge >= 0.3 is 0 Å². The third-order valence-electron chi connectivity index (χ3n) is 3.88. The molecule has 10 nitrogen and oxygen atoms in total. The Balaban J connectivity index is 1.58. The molecule has 10 heteroatoms. The first-order valence-corrected chi connectivity index (χ1v) is 9.04. The summed E-state index contributed by atoms with van der Waals surface area (Å²) in [4.78, 5) is 35.3. The van der Waals surface area contributed by atoms with Gasteiger partial charge in [0, 0.05) is 18.7 Å². The lowest BCUT2D eigenvalue weighted by atomic mass is 9.97. The zero-order valence-electron chi connectivity index (χ0n) is 15.6. The van der Waals surface area contributed by atoms with Crippen LogP contribution in [0.2, 0.25) is 0 Å². The standard InChI is InChI=1S/C18H26N4O6/c19-5-7-26-9-11-28-12-10-27-8-6-20-16(23)14-3-1-13(2-4-14)15-17(24)21-22-18(15)25/h1-4,15H,5-12,19H2,(H,20,23)(H,21,24)(H,22,25). The highest BCUT2D eigenvalue weighted by Gasteiger charge is 2.34. The third kappa shape index (κ3) is 6.89. The molecular formula is C18H26N4O6. The molecule has 0 aromatic heterocycles. The van der Waals surface area contributed by atoms with Crippen molar-refractivity contribution in [1.29, 1.82) is 0 Å². The van der Waals surface area contributed by atoms with E-state index in [-0.39, 0.29) is 5.91 Å².